The Balaban J connectivity index is 1.20. The van der Waals surface area contributed by atoms with Gasteiger partial charge in [0.15, 0.2) is 0 Å². The van der Waals surface area contributed by atoms with Crippen molar-refractivity contribution in [3.8, 4) is 55.6 Å². The zero-order valence-electron chi connectivity index (χ0n) is 30.8. The van der Waals surface area contributed by atoms with Gasteiger partial charge in [-0.1, -0.05) is 188 Å². The second kappa shape index (κ2) is 13.2. The van der Waals surface area contributed by atoms with E-state index in [-0.39, 0.29) is 0 Å². The van der Waals surface area contributed by atoms with Crippen molar-refractivity contribution in [3.05, 3.63) is 218 Å². The summed E-state index contributed by atoms with van der Waals surface area (Å²) in [6, 6.07) is 80.5. The predicted molar refractivity (Wildman–Crippen MR) is 241 cm³/mol. The number of rotatable bonds is 5. The van der Waals surface area contributed by atoms with E-state index in [1.807, 2.05) is 0 Å². The topological polar surface area (TPSA) is 0 Å². The van der Waals surface area contributed by atoms with E-state index < -0.39 is 0 Å². The van der Waals surface area contributed by atoms with Gasteiger partial charge in [0.2, 0.25) is 0 Å². The van der Waals surface area contributed by atoms with Crippen molar-refractivity contribution in [2.75, 3.05) is 0 Å². The molecule has 0 radical (unpaired) electrons. The molecule has 0 saturated carbocycles. The number of hydrogen-bond donors (Lipinski definition) is 0. The minimum Gasteiger partial charge on any atom is -0.0622 e. The molecule has 0 bridgehead atoms. The predicted octanol–water partition coefficient (Wildman–Crippen LogP) is 15.8. The van der Waals surface area contributed by atoms with E-state index in [1.54, 1.807) is 0 Å². The van der Waals surface area contributed by atoms with Crippen LogP contribution in [0.4, 0.5) is 0 Å². The Morgan fingerprint density at radius 3 is 1.45 bits per heavy atom. The Kier molecular flexibility index (Phi) is 7.60. The molecule has 0 nitrogen and oxygen atoms in total. The molecule has 0 unspecified atom stereocenters. The summed E-state index contributed by atoms with van der Waals surface area (Å²) >= 11 is 0. The first-order valence-electron chi connectivity index (χ1n) is 19.4. The number of benzene rings is 11. The molecule has 0 aliphatic rings. The van der Waals surface area contributed by atoms with Crippen molar-refractivity contribution >= 4 is 53.9 Å². The van der Waals surface area contributed by atoms with E-state index >= 15 is 0 Å². The van der Waals surface area contributed by atoms with Crippen LogP contribution >= 0.6 is 0 Å². The van der Waals surface area contributed by atoms with Gasteiger partial charge in [-0.2, -0.15) is 0 Å². The summed E-state index contributed by atoms with van der Waals surface area (Å²) in [5, 5.41) is 12.5. The summed E-state index contributed by atoms with van der Waals surface area (Å²) in [6.07, 6.45) is 0. The summed E-state index contributed by atoms with van der Waals surface area (Å²) in [5.41, 5.74) is 12.3. The molecule has 0 heteroatoms. The Morgan fingerprint density at radius 1 is 0.179 bits per heavy atom. The van der Waals surface area contributed by atoms with Gasteiger partial charge in [0, 0.05) is 0 Å². The highest BCUT2D eigenvalue weighted by molar-refractivity contribution is 6.18. The molecule has 11 aromatic carbocycles. The highest BCUT2D eigenvalue weighted by atomic mass is 14.2. The highest BCUT2D eigenvalue weighted by Gasteiger charge is 2.18. The van der Waals surface area contributed by atoms with Crippen molar-refractivity contribution in [2.24, 2.45) is 0 Å². The van der Waals surface area contributed by atoms with Crippen LogP contribution in [-0.4, -0.2) is 0 Å². The van der Waals surface area contributed by atoms with Gasteiger partial charge in [-0.25, -0.2) is 0 Å². The van der Waals surface area contributed by atoms with Gasteiger partial charge in [0.1, 0.15) is 0 Å². The fourth-order valence-corrected chi connectivity index (χ4v) is 8.95. The molecule has 0 amide bonds. The molecule has 0 fully saturated rings. The molecule has 0 spiro atoms. The van der Waals surface area contributed by atoms with E-state index in [0.717, 1.165) is 0 Å². The summed E-state index contributed by atoms with van der Waals surface area (Å²) < 4.78 is 0. The van der Waals surface area contributed by atoms with Crippen molar-refractivity contribution in [3.63, 3.8) is 0 Å². The fourth-order valence-electron chi connectivity index (χ4n) is 8.95. The minimum atomic E-state index is 1.21. The third kappa shape index (κ3) is 5.38. The zero-order chi connectivity index (χ0) is 37.0. The van der Waals surface area contributed by atoms with Crippen LogP contribution in [0.3, 0.4) is 0 Å². The lowest BCUT2D eigenvalue weighted by atomic mass is 9.85. The maximum absolute atomic E-state index is 2.44. The normalized spacial score (nSPS) is 11.6. The molecule has 0 aliphatic carbocycles. The SMILES string of the molecule is c1ccc(-c2cc3ccccc3cc2-c2ccc3c(c2)c(-c2cccc4ccccc24)cc2cc(-c4c(-c5ccccc5)ccc5ccccc45)ccc23)cc1. The molecular weight excluding hydrogens is 673 g/mol. The van der Waals surface area contributed by atoms with Gasteiger partial charge in [-0.15, -0.1) is 0 Å². The maximum atomic E-state index is 2.44. The van der Waals surface area contributed by atoms with Crippen molar-refractivity contribution in [1.82, 2.24) is 0 Å². The third-order valence-electron chi connectivity index (χ3n) is 11.6. The zero-order valence-corrected chi connectivity index (χ0v) is 30.8. The van der Waals surface area contributed by atoms with E-state index in [9.17, 15) is 0 Å². The van der Waals surface area contributed by atoms with Crippen LogP contribution in [-0.2, 0) is 0 Å². The van der Waals surface area contributed by atoms with Crippen LogP contribution in [0.15, 0.2) is 218 Å². The standard InChI is InChI=1S/C56H36/c1-3-14-38(15-4-1)49-30-26-40-19-10-12-24-48(40)56(49)44-28-29-47-45(32-44)36-55(50-25-13-22-37-18-9-11-23-46(37)50)54-35-43(27-31-51(47)54)53-34-42-21-8-7-20-41(42)33-52(53)39-16-5-2-6-17-39/h1-36H. The van der Waals surface area contributed by atoms with Crippen LogP contribution in [0.25, 0.3) is 109 Å². The Morgan fingerprint density at radius 2 is 0.714 bits per heavy atom. The lowest BCUT2D eigenvalue weighted by Crippen LogP contribution is -1.91. The van der Waals surface area contributed by atoms with E-state index in [0.29, 0.717) is 0 Å². The summed E-state index contributed by atoms with van der Waals surface area (Å²) in [5.74, 6) is 0. The molecular formula is C56H36. The lowest BCUT2D eigenvalue weighted by molar-refractivity contribution is 1.61. The van der Waals surface area contributed by atoms with E-state index in [2.05, 4.69) is 218 Å². The van der Waals surface area contributed by atoms with Gasteiger partial charge < -0.3 is 0 Å². The first kappa shape index (κ1) is 32.2. The molecule has 0 heterocycles. The van der Waals surface area contributed by atoms with Crippen LogP contribution in [0, 0.1) is 0 Å². The van der Waals surface area contributed by atoms with Crippen LogP contribution in [0.2, 0.25) is 0 Å². The smallest absolute Gasteiger partial charge is 0.00266 e. The van der Waals surface area contributed by atoms with Crippen LogP contribution < -0.4 is 0 Å². The fraction of sp³-hybridized carbons (Fsp3) is 0. The third-order valence-corrected chi connectivity index (χ3v) is 11.6. The van der Waals surface area contributed by atoms with Crippen LogP contribution in [0.5, 0.6) is 0 Å². The molecule has 260 valence electrons. The minimum absolute atomic E-state index is 1.21. The van der Waals surface area contributed by atoms with Crippen LogP contribution in [0.1, 0.15) is 0 Å². The summed E-state index contributed by atoms with van der Waals surface area (Å²) in [7, 11) is 0. The largest absolute Gasteiger partial charge is 0.0622 e. The molecule has 0 N–H and O–H groups in total. The Labute approximate surface area is 326 Å². The maximum Gasteiger partial charge on any atom is -0.00266 e. The molecule has 0 aliphatic heterocycles. The Bertz CT molecular complexity index is 3280. The molecule has 11 rings (SSSR count). The van der Waals surface area contributed by atoms with Crippen molar-refractivity contribution < 1.29 is 0 Å². The van der Waals surface area contributed by atoms with Gasteiger partial charge in [0.05, 0.1) is 0 Å². The van der Waals surface area contributed by atoms with Gasteiger partial charge in [-0.3, -0.25) is 0 Å². The second-order valence-electron chi connectivity index (χ2n) is 14.8. The molecule has 11 aromatic rings. The average molecular weight is 709 g/mol. The van der Waals surface area contributed by atoms with Crippen molar-refractivity contribution in [1.29, 1.82) is 0 Å². The van der Waals surface area contributed by atoms with Gasteiger partial charge in [-0.05, 0) is 140 Å². The quantitative estimate of drug-likeness (QED) is 0.156. The van der Waals surface area contributed by atoms with E-state index in [4.69, 9.17) is 0 Å². The Hall–Kier alpha value is -7.28. The van der Waals surface area contributed by atoms with E-state index in [1.165, 1.54) is 109 Å². The summed E-state index contributed by atoms with van der Waals surface area (Å²) in [4.78, 5) is 0. The second-order valence-corrected chi connectivity index (χ2v) is 14.8. The molecule has 0 aromatic heterocycles. The summed E-state index contributed by atoms with van der Waals surface area (Å²) in [6.45, 7) is 0. The van der Waals surface area contributed by atoms with Gasteiger partial charge in [0.25, 0.3) is 0 Å². The molecule has 0 saturated heterocycles. The highest BCUT2D eigenvalue weighted by Crippen LogP contribution is 2.45. The first-order valence-corrected chi connectivity index (χ1v) is 19.4. The molecule has 0 atom stereocenters. The molecule has 56 heavy (non-hydrogen) atoms. The van der Waals surface area contributed by atoms with Gasteiger partial charge >= 0.3 is 0 Å². The first-order chi connectivity index (χ1) is 27.8. The number of hydrogen-bond acceptors (Lipinski definition) is 0. The monoisotopic (exact) mass is 708 g/mol. The average Bonchev–Trinajstić information content (AvgIpc) is 3.28. The lowest BCUT2D eigenvalue weighted by Gasteiger charge is -2.18. The number of fused-ring (bicyclic) bond motifs is 6. The van der Waals surface area contributed by atoms with Crippen molar-refractivity contribution in [2.45, 2.75) is 0 Å².